The molecule has 2 amide bonds. The standard InChI is InChI=1S/C14H23N3O4/c1-17(13(21)10-8-16-11(18)9-15-10)14(7-12(19)20)5-3-2-4-6-14/h10,15H,2-9H2,1H3,(H,16,18)(H,19,20). The first kappa shape index (κ1) is 15.8. The number of carboxylic acids is 1. The number of carboxylic acid groups (broad SMARTS) is 1. The molecule has 2 rings (SSSR count). The molecule has 0 bridgehead atoms. The maximum Gasteiger partial charge on any atom is 0.305 e. The molecule has 0 aromatic rings. The summed E-state index contributed by atoms with van der Waals surface area (Å²) in [5.74, 6) is -1.14. The lowest BCUT2D eigenvalue weighted by molar-refractivity contribution is -0.147. The van der Waals surface area contributed by atoms with E-state index < -0.39 is 17.6 Å². The summed E-state index contributed by atoms with van der Waals surface area (Å²) in [4.78, 5) is 36.6. The zero-order valence-corrected chi connectivity index (χ0v) is 12.4. The van der Waals surface area contributed by atoms with E-state index in [1.165, 1.54) is 0 Å². The predicted molar refractivity (Wildman–Crippen MR) is 75.6 cm³/mol. The van der Waals surface area contributed by atoms with E-state index in [0.717, 1.165) is 32.1 Å². The van der Waals surface area contributed by atoms with Gasteiger partial charge in [0, 0.05) is 13.6 Å². The second kappa shape index (κ2) is 6.43. The molecule has 0 radical (unpaired) electrons. The highest BCUT2D eigenvalue weighted by Crippen LogP contribution is 2.36. The van der Waals surface area contributed by atoms with Gasteiger partial charge in [-0.2, -0.15) is 0 Å². The molecule has 7 nitrogen and oxygen atoms in total. The minimum Gasteiger partial charge on any atom is -0.481 e. The molecule has 1 saturated carbocycles. The number of hydrogen-bond acceptors (Lipinski definition) is 4. The van der Waals surface area contributed by atoms with Gasteiger partial charge in [0.1, 0.15) is 6.04 Å². The van der Waals surface area contributed by atoms with Gasteiger partial charge < -0.3 is 15.3 Å². The van der Waals surface area contributed by atoms with Crippen molar-refractivity contribution in [3.63, 3.8) is 0 Å². The fraction of sp³-hybridized carbons (Fsp3) is 0.786. The van der Waals surface area contributed by atoms with Crippen LogP contribution >= 0.6 is 0 Å². The predicted octanol–water partition coefficient (Wildman–Crippen LogP) is -0.290. The number of carbonyl (C=O) groups excluding carboxylic acids is 2. The molecule has 3 N–H and O–H groups in total. The number of piperazine rings is 1. The van der Waals surface area contributed by atoms with Crippen molar-refractivity contribution >= 4 is 17.8 Å². The third-order valence-electron chi connectivity index (χ3n) is 4.62. The lowest BCUT2D eigenvalue weighted by Crippen LogP contribution is -2.62. The smallest absolute Gasteiger partial charge is 0.305 e. The minimum absolute atomic E-state index is 0.0195. The highest BCUT2D eigenvalue weighted by Gasteiger charge is 2.42. The van der Waals surface area contributed by atoms with Crippen molar-refractivity contribution in [3.8, 4) is 0 Å². The third-order valence-corrected chi connectivity index (χ3v) is 4.62. The van der Waals surface area contributed by atoms with Gasteiger partial charge in [0.05, 0.1) is 18.5 Å². The Balaban J connectivity index is 2.09. The first-order valence-electron chi connectivity index (χ1n) is 7.44. The van der Waals surface area contributed by atoms with Crippen LogP contribution in [-0.4, -0.2) is 59.5 Å². The second-order valence-corrected chi connectivity index (χ2v) is 5.99. The van der Waals surface area contributed by atoms with Crippen LogP contribution in [0.25, 0.3) is 0 Å². The van der Waals surface area contributed by atoms with Crippen molar-refractivity contribution in [2.24, 2.45) is 0 Å². The fourth-order valence-electron chi connectivity index (χ4n) is 3.33. The van der Waals surface area contributed by atoms with Gasteiger partial charge in [0.15, 0.2) is 0 Å². The molecule has 7 heteroatoms. The number of carbonyl (C=O) groups is 3. The van der Waals surface area contributed by atoms with E-state index in [2.05, 4.69) is 10.6 Å². The number of likely N-dealkylation sites (N-methyl/N-ethyl adjacent to an activating group) is 1. The average Bonchev–Trinajstić information content (AvgIpc) is 2.47. The lowest BCUT2D eigenvalue weighted by atomic mass is 9.77. The summed E-state index contributed by atoms with van der Waals surface area (Å²) < 4.78 is 0. The number of nitrogens with zero attached hydrogens (tertiary/aromatic N) is 1. The van der Waals surface area contributed by atoms with Crippen molar-refractivity contribution in [2.45, 2.75) is 50.1 Å². The van der Waals surface area contributed by atoms with E-state index in [1.54, 1.807) is 11.9 Å². The Morgan fingerprint density at radius 3 is 2.52 bits per heavy atom. The Morgan fingerprint density at radius 1 is 1.33 bits per heavy atom. The molecule has 21 heavy (non-hydrogen) atoms. The van der Waals surface area contributed by atoms with Gasteiger partial charge in [-0.15, -0.1) is 0 Å². The van der Waals surface area contributed by atoms with Crippen LogP contribution in [0, 0.1) is 0 Å². The Kier molecular flexibility index (Phi) is 4.82. The summed E-state index contributed by atoms with van der Waals surface area (Å²) >= 11 is 0. The van der Waals surface area contributed by atoms with Crippen LogP contribution in [-0.2, 0) is 14.4 Å². The first-order valence-corrected chi connectivity index (χ1v) is 7.44. The minimum atomic E-state index is -0.874. The van der Waals surface area contributed by atoms with Crippen molar-refractivity contribution in [2.75, 3.05) is 20.1 Å². The fourth-order valence-corrected chi connectivity index (χ4v) is 3.33. The number of aliphatic carboxylic acids is 1. The van der Waals surface area contributed by atoms with Crippen LogP contribution in [0.15, 0.2) is 0 Å². The molecule has 0 spiro atoms. The van der Waals surface area contributed by atoms with Gasteiger partial charge in [-0.05, 0) is 12.8 Å². The highest BCUT2D eigenvalue weighted by atomic mass is 16.4. The number of amides is 2. The van der Waals surface area contributed by atoms with Crippen molar-refractivity contribution in [3.05, 3.63) is 0 Å². The molecular formula is C14H23N3O4. The van der Waals surface area contributed by atoms with Crippen molar-refractivity contribution in [1.82, 2.24) is 15.5 Å². The molecule has 1 atom stereocenters. The summed E-state index contributed by atoms with van der Waals surface area (Å²) in [5, 5.41) is 14.8. The molecule has 1 unspecified atom stereocenters. The summed E-state index contributed by atoms with van der Waals surface area (Å²) in [5.41, 5.74) is -0.593. The number of rotatable bonds is 4. The highest BCUT2D eigenvalue weighted by molar-refractivity contribution is 5.87. The summed E-state index contributed by atoms with van der Waals surface area (Å²) in [7, 11) is 1.69. The number of hydrogen-bond donors (Lipinski definition) is 3. The summed E-state index contributed by atoms with van der Waals surface area (Å²) in [6.07, 6.45) is 4.40. The summed E-state index contributed by atoms with van der Waals surface area (Å²) in [6, 6.07) is -0.472. The Bertz CT molecular complexity index is 422. The molecule has 0 aromatic heterocycles. The van der Waals surface area contributed by atoms with Crippen molar-refractivity contribution < 1.29 is 19.5 Å². The lowest BCUT2D eigenvalue weighted by Gasteiger charge is -2.45. The normalized spacial score (nSPS) is 25.0. The van der Waals surface area contributed by atoms with Gasteiger partial charge >= 0.3 is 5.97 Å². The van der Waals surface area contributed by atoms with Crippen LogP contribution in [0.4, 0.5) is 0 Å². The van der Waals surface area contributed by atoms with Gasteiger partial charge in [0.2, 0.25) is 11.8 Å². The van der Waals surface area contributed by atoms with Gasteiger partial charge in [-0.1, -0.05) is 19.3 Å². The van der Waals surface area contributed by atoms with Crippen molar-refractivity contribution in [1.29, 1.82) is 0 Å². The Labute approximate surface area is 124 Å². The van der Waals surface area contributed by atoms with Gasteiger partial charge in [-0.3, -0.25) is 19.7 Å². The quantitative estimate of drug-likeness (QED) is 0.662. The van der Waals surface area contributed by atoms with Crippen LogP contribution in [0.5, 0.6) is 0 Å². The van der Waals surface area contributed by atoms with E-state index in [4.69, 9.17) is 0 Å². The SMILES string of the molecule is CN(C(=O)C1CNC(=O)CN1)C1(CC(=O)O)CCCCC1. The monoisotopic (exact) mass is 297 g/mol. The van der Waals surface area contributed by atoms with E-state index >= 15 is 0 Å². The Hall–Kier alpha value is -1.63. The second-order valence-electron chi connectivity index (χ2n) is 5.99. The molecule has 1 aliphatic carbocycles. The molecule has 1 aliphatic heterocycles. The van der Waals surface area contributed by atoms with Gasteiger partial charge in [0.25, 0.3) is 0 Å². The van der Waals surface area contributed by atoms with Crippen LogP contribution < -0.4 is 10.6 Å². The van der Waals surface area contributed by atoms with Gasteiger partial charge in [-0.25, -0.2) is 0 Å². The molecule has 118 valence electrons. The van der Waals surface area contributed by atoms with E-state index in [1.807, 2.05) is 0 Å². The van der Waals surface area contributed by atoms with E-state index in [-0.39, 0.29) is 31.3 Å². The summed E-state index contributed by atoms with van der Waals surface area (Å²) in [6.45, 7) is 0.376. The molecular weight excluding hydrogens is 274 g/mol. The zero-order valence-electron chi connectivity index (χ0n) is 12.4. The Morgan fingerprint density at radius 2 is 2.00 bits per heavy atom. The molecule has 1 heterocycles. The maximum atomic E-state index is 12.6. The molecule has 1 saturated heterocycles. The van der Waals surface area contributed by atoms with Crippen LogP contribution in [0.1, 0.15) is 38.5 Å². The number of nitrogens with one attached hydrogen (secondary N) is 2. The van der Waals surface area contributed by atoms with E-state index in [0.29, 0.717) is 0 Å². The zero-order chi connectivity index (χ0) is 15.5. The third kappa shape index (κ3) is 3.53. The molecule has 0 aromatic carbocycles. The first-order chi connectivity index (χ1) is 9.94. The topological polar surface area (TPSA) is 98.7 Å². The average molecular weight is 297 g/mol. The van der Waals surface area contributed by atoms with Crippen LogP contribution in [0.3, 0.4) is 0 Å². The van der Waals surface area contributed by atoms with Crippen LogP contribution in [0.2, 0.25) is 0 Å². The maximum absolute atomic E-state index is 12.6. The largest absolute Gasteiger partial charge is 0.481 e. The molecule has 2 fully saturated rings. The van der Waals surface area contributed by atoms with E-state index in [9.17, 15) is 19.5 Å². The molecule has 2 aliphatic rings.